The number of sulfonamides is 1. The lowest BCUT2D eigenvalue weighted by molar-refractivity contribution is -0.122. The number of rotatable bonds is 8. The molecule has 0 spiro atoms. The van der Waals surface area contributed by atoms with Crippen molar-refractivity contribution in [3.05, 3.63) is 24.0 Å². The van der Waals surface area contributed by atoms with E-state index in [-0.39, 0.29) is 23.0 Å². The van der Waals surface area contributed by atoms with Gasteiger partial charge in [-0.2, -0.15) is 4.31 Å². The summed E-state index contributed by atoms with van der Waals surface area (Å²) in [4.78, 5) is 11.9. The molecular formula is C19H27FN2O4S. The summed E-state index contributed by atoms with van der Waals surface area (Å²) in [5, 5.41) is 2.72. The summed E-state index contributed by atoms with van der Waals surface area (Å²) in [6, 6.07) is 3.20. The normalized spacial score (nSPS) is 21.0. The molecule has 1 saturated heterocycles. The first-order valence-corrected chi connectivity index (χ1v) is 11.1. The molecule has 1 aliphatic carbocycles. The van der Waals surface area contributed by atoms with Gasteiger partial charge >= 0.3 is 0 Å². The summed E-state index contributed by atoms with van der Waals surface area (Å²) < 4.78 is 47.5. The van der Waals surface area contributed by atoms with Crippen LogP contribution in [0.5, 0.6) is 5.75 Å². The van der Waals surface area contributed by atoms with Crippen LogP contribution >= 0.6 is 0 Å². The van der Waals surface area contributed by atoms with Crippen molar-refractivity contribution in [3.63, 3.8) is 0 Å². The highest BCUT2D eigenvalue weighted by atomic mass is 32.2. The molecule has 150 valence electrons. The third kappa shape index (κ3) is 4.99. The van der Waals surface area contributed by atoms with Gasteiger partial charge in [0.2, 0.25) is 15.9 Å². The van der Waals surface area contributed by atoms with Crippen LogP contribution in [0.4, 0.5) is 4.39 Å². The zero-order valence-electron chi connectivity index (χ0n) is 15.6. The zero-order valence-corrected chi connectivity index (χ0v) is 16.4. The SMILES string of the molecule is CCNC(=O)CC1CCCCN1S(=O)(=O)c1cc(F)ccc1OCC1CC1. The Labute approximate surface area is 160 Å². The molecule has 1 aromatic rings. The number of hydrogen-bond donors (Lipinski definition) is 1. The number of amides is 1. The summed E-state index contributed by atoms with van der Waals surface area (Å²) in [7, 11) is -3.96. The molecule has 3 rings (SSSR count). The average Bonchev–Trinajstić information content (AvgIpc) is 3.45. The molecule has 1 N–H and O–H groups in total. The van der Waals surface area contributed by atoms with Crippen LogP contribution in [0.15, 0.2) is 23.1 Å². The molecule has 2 aliphatic rings. The van der Waals surface area contributed by atoms with Gasteiger partial charge < -0.3 is 10.1 Å². The van der Waals surface area contributed by atoms with Crippen molar-refractivity contribution >= 4 is 15.9 Å². The van der Waals surface area contributed by atoms with E-state index in [0.29, 0.717) is 32.0 Å². The molecule has 6 nitrogen and oxygen atoms in total. The molecule has 0 radical (unpaired) electrons. The van der Waals surface area contributed by atoms with E-state index < -0.39 is 21.9 Å². The van der Waals surface area contributed by atoms with E-state index in [4.69, 9.17) is 4.74 Å². The van der Waals surface area contributed by atoms with Gasteiger partial charge in [-0.25, -0.2) is 12.8 Å². The van der Waals surface area contributed by atoms with Gasteiger partial charge in [0.15, 0.2) is 0 Å². The van der Waals surface area contributed by atoms with Crippen LogP contribution < -0.4 is 10.1 Å². The minimum Gasteiger partial charge on any atom is -0.492 e. The molecule has 0 aromatic heterocycles. The fourth-order valence-corrected chi connectivity index (χ4v) is 5.24. The Morgan fingerprint density at radius 1 is 1.30 bits per heavy atom. The van der Waals surface area contributed by atoms with E-state index in [1.807, 2.05) is 6.92 Å². The van der Waals surface area contributed by atoms with Crippen LogP contribution in [0.3, 0.4) is 0 Å². The van der Waals surface area contributed by atoms with Gasteiger partial charge in [-0.05, 0) is 56.7 Å². The maximum Gasteiger partial charge on any atom is 0.247 e. The van der Waals surface area contributed by atoms with Crippen LogP contribution in [0.1, 0.15) is 45.4 Å². The van der Waals surface area contributed by atoms with Crippen molar-refractivity contribution in [1.29, 1.82) is 0 Å². The maximum absolute atomic E-state index is 13.9. The third-order valence-electron chi connectivity index (χ3n) is 5.03. The van der Waals surface area contributed by atoms with Crippen LogP contribution in [-0.4, -0.2) is 44.4 Å². The fraction of sp³-hybridized carbons (Fsp3) is 0.632. The second-order valence-electron chi connectivity index (χ2n) is 7.27. The van der Waals surface area contributed by atoms with E-state index in [0.717, 1.165) is 31.7 Å². The molecule has 1 unspecified atom stereocenters. The highest BCUT2D eigenvalue weighted by Gasteiger charge is 2.36. The van der Waals surface area contributed by atoms with E-state index >= 15 is 0 Å². The predicted octanol–water partition coefficient (Wildman–Crippen LogP) is 2.68. The highest BCUT2D eigenvalue weighted by molar-refractivity contribution is 7.89. The number of carbonyl (C=O) groups excluding carboxylic acids is 1. The number of ether oxygens (including phenoxy) is 1. The molecule has 1 heterocycles. The number of nitrogens with one attached hydrogen (secondary N) is 1. The predicted molar refractivity (Wildman–Crippen MR) is 99.5 cm³/mol. The molecule has 8 heteroatoms. The van der Waals surface area contributed by atoms with E-state index in [1.165, 1.54) is 16.4 Å². The monoisotopic (exact) mass is 398 g/mol. The summed E-state index contributed by atoms with van der Waals surface area (Å²) in [6.07, 6.45) is 4.46. The molecule has 0 bridgehead atoms. The number of benzene rings is 1. The lowest BCUT2D eigenvalue weighted by atomic mass is 10.0. The number of piperidine rings is 1. The Morgan fingerprint density at radius 3 is 2.78 bits per heavy atom. The second-order valence-corrected chi connectivity index (χ2v) is 9.13. The summed E-state index contributed by atoms with van der Waals surface area (Å²) in [5.74, 6) is -0.157. The van der Waals surface area contributed by atoms with Crippen molar-refractivity contribution in [1.82, 2.24) is 9.62 Å². The number of nitrogens with zero attached hydrogens (tertiary/aromatic N) is 1. The van der Waals surface area contributed by atoms with Gasteiger partial charge in [0, 0.05) is 25.6 Å². The Morgan fingerprint density at radius 2 is 2.07 bits per heavy atom. The Bertz CT molecular complexity index is 780. The molecule has 1 saturated carbocycles. The van der Waals surface area contributed by atoms with Crippen molar-refractivity contribution in [2.45, 2.75) is 56.4 Å². The lowest BCUT2D eigenvalue weighted by Gasteiger charge is -2.34. The van der Waals surface area contributed by atoms with E-state index in [2.05, 4.69) is 5.32 Å². The first kappa shape index (κ1) is 20.1. The van der Waals surface area contributed by atoms with Crippen molar-refractivity contribution in [2.24, 2.45) is 5.92 Å². The van der Waals surface area contributed by atoms with Crippen molar-refractivity contribution < 1.29 is 22.3 Å². The maximum atomic E-state index is 13.9. The zero-order chi connectivity index (χ0) is 19.4. The van der Waals surface area contributed by atoms with E-state index in [1.54, 1.807) is 0 Å². The number of carbonyl (C=O) groups is 1. The quantitative estimate of drug-likeness (QED) is 0.731. The topological polar surface area (TPSA) is 75.7 Å². The Hall–Kier alpha value is -1.67. The third-order valence-corrected chi connectivity index (χ3v) is 7.00. The fourth-order valence-electron chi connectivity index (χ4n) is 3.40. The van der Waals surface area contributed by atoms with Gasteiger partial charge in [0.1, 0.15) is 16.5 Å². The van der Waals surface area contributed by atoms with Crippen LogP contribution in [-0.2, 0) is 14.8 Å². The van der Waals surface area contributed by atoms with E-state index in [9.17, 15) is 17.6 Å². The first-order chi connectivity index (χ1) is 12.9. The molecule has 1 amide bonds. The summed E-state index contributed by atoms with van der Waals surface area (Å²) >= 11 is 0. The van der Waals surface area contributed by atoms with Gasteiger partial charge in [0.05, 0.1) is 6.61 Å². The van der Waals surface area contributed by atoms with Crippen LogP contribution in [0, 0.1) is 11.7 Å². The second kappa shape index (κ2) is 8.56. The van der Waals surface area contributed by atoms with Crippen LogP contribution in [0.2, 0.25) is 0 Å². The van der Waals surface area contributed by atoms with Gasteiger partial charge in [-0.3, -0.25) is 4.79 Å². The van der Waals surface area contributed by atoms with Crippen molar-refractivity contribution in [2.75, 3.05) is 19.7 Å². The largest absolute Gasteiger partial charge is 0.492 e. The minimum atomic E-state index is -3.96. The van der Waals surface area contributed by atoms with Crippen LogP contribution in [0.25, 0.3) is 0 Å². The summed E-state index contributed by atoms with van der Waals surface area (Å²) in [6.45, 7) is 3.09. The molecular weight excluding hydrogens is 371 g/mol. The Balaban J connectivity index is 1.86. The van der Waals surface area contributed by atoms with Gasteiger partial charge in [-0.1, -0.05) is 6.42 Å². The summed E-state index contributed by atoms with van der Waals surface area (Å²) in [5.41, 5.74) is 0. The highest BCUT2D eigenvalue weighted by Crippen LogP contribution is 2.35. The Kier molecular flexibility index (Phi) is 6.37. The van der Waals surface area contributed by atoms with Gasteiger partial charge in [0.25, 0.3) is 0 Å². The number of halogens is 1. The molecule has 27 heavy (non-hydrogen) atoms. The minimum absolute atomic E-state index is 0.112. The number of hydrogen-bond acceptors (Lipinski definition) is 4. The molecule has 2 fully saturated rings. The first-order valence-electron chi connectivity index (χ1n) is 9.62. The smallest absolute Gasteiger partial charge is 0.247 e. The molecule has 1 aliphatic heterocycles. The average molecular weight is 399 g/mol. The standard InChI is InChI=1S/C19H27FN2O4S/c1-2-21-19(23)12-16-5-3-4-10-22(16)27(24,25)18-11-15(20)8-9-17(18)26-13-14-6-7-14/h8-9,11,14,16H,2-7,10,12-13H2,1H3,(H,21,23). The van der Waals surface area contributed by atoms with Crippen molar-refractivity contribution in [3.8, 4) is 5.75 Å². The molecule has 1 aromatic carbocycles. The van der Waals surface area contributed by atoms with Gasteiger partial charge in [-0.15, -0.1) is 0 Å². The molecule has 1 atom stereocenters. The lowest BCUT2D eigenvalue weighted by Crippen LogP contribution is -2.46.